The van der Waals surface area contributed by atoms with Crippen LogP contribution in [-0.4, -0.2) is 47.5 Å². The summed E-state index contributed by atoms with van der Waals surface area (Å²) in [6, 6.07) is 0. The Kier molecular flexibility index (Phi) is 5.88. The lowest BCUT2D eigenvalue weighted by molar-refractivity contribution is -0.924. The molecule has 0 aromatic rings. The van der Waals surface area contributed by atoms with Gasteiger partial charge >= 0.3 is 0 Å². The van der Waals surface area contributed by atoms with Crippen LogP contribution in [0.4, 0.5) is 7.77 Å². The largest absolute Gasteiger partial charge is 0.379 e. The van der Waals surface area contributed by atoms with Gasteiger partial charge in [-0.3, -0.25) is 0 Å². The van der Waals surface area contributed by atoms with Crippen LogP contribution in [0.25, 0.3) is 4.13 Å². The molecule has 2 heterocycles. The number of piperidine rings is 1. The highest BCUT2D eigenvalue weighted by molar-refractivity contribution is 8.07. The maximum Gasteiger partial charge on any atom is 0.241 e. The van der Waals surface area contributed by atoms with Crippen LogP contribution < -0.4 is 0 Å². The molecular formula is C10H20F2N2O4S2. The van der Waals surface area contributed by atoms with Gasteiger partial charge in [0, 0.05) is 18.8 Å². The van der Waals surface area contributed by atoms with Crippen molar-refractivity contribution in [2.75, 3.05) is 26.2 Å². The first-order valence-corrected chi connectivity index (χ1v) is 9.18. The molecule has 1 atom stereocenters. The molecule has 0 saturated carbocycles. The predicted molar refractivity (Wildman–Crippen MR) is 70.8 cm³/mol. The third kappa shape index (κ3) is 6.91. The molecule has 2 saturated heterocycles. The summed E-state index contributed by atoms with van der Waals surface area (Å²) in [4.78, 5) is 0. The van der Waals surface area contributed by atoms with Crippen LogP contribution in [0.15, 0.2) is 0 Å². The smallest absolute Gasteiger partial charge is 0.241 e. The summed E-state index contributed by atoms with van der Waals surface area (Å²) in [6.07, 6.45) is 5.96. The van der Waals surface area contributed by atoms with Crippen LogP contribution in [0.2, 0.25) is 0 Å². The predicted octanol–water partition coefficient (Wildman–Crippen LogP) is 1.82. The number of quaternary nitrogens is 1. The van der Waals surface area contributed by atoms with E-state index in [9.17, 15) is 24.6 Å². The number of nitrogens with zero attached hydrogens (tertiary/aromatic N) is 2. The Balaban J connectivity index is 0.000000206. The highest BCUT2D eigenvalue weighted by Gasteiger charge is 2.35. The van der Waals surface area contributed by atoms with Gasteiger partial charge in [0.25, 0.3) is 0 Å². The first kappa shape index (κ1) is 17.7. The fourth-order valence-electron chi connectivity index (χ4n) is 3.14. The molecule has 0 aliphatic carbocycles. The highest BCUT2D eigenvalue weighted by atomic mass is 32.3. The van der Waals surface area contributed by atoms with Gasteiger partial charge in [-0.1, -0.05) is 6.92 Å². The van der Waals surface area contributed by atoms with Crippen LogP contribution in [0.1, 0.15) is 32.6 Å². The average molecular weight is 334 g/mol. The number of hydrogen-bond acceptors (Lipinski definition) is 4. The van der Waals surface area contributed by atoms with Crippen LogP contribution in [0.5, 0.6) is 0 Å². The molecule has 2 aliphatic heterocycles. The van der Waals surface area contributed by atoms with Gasteiger partial charge in [-0.2, -0.15) is 0 Å². The Hall–Kier alpha value is -0.320. The van der Waals surface area contributed by atoms with E-state index in [2.05, 4.69) is 6.92 Å². The molecule has 1 spiro atoms. The maximum atomic E-state index is 11.1. The molecule has 0 N–H and O–H groups in total. The number of hydrogen-bond donors (Lipinski definition) is 0. The van der Waals surface area contributed by atoms with E-state index in [4.69, 9.17) is 0 Å². The zero-order chi connectivity index (χ0) is 15.4. The molecule has 20 heavy (non-hydrogen) atoms. The van der Waals surface area contributed by atoms with Gasteiger partial charge in [-0.25, -0.2) is 16.8 Å². The second-order valence-corrected chi connectivity index (χ2v) is 7.79. The molecule has 2 rings (SSSR count). The minimum atomic E-state index is -5.62. The monoisotopic (exact) mass is 334 g/mol. The molecule has 2 aliphatic rings. The van der Waals surface area contributed by atoms with E-state index >= 15 is 0 Å². The average Bonchev–Trinajstić information content (AvgIpc) is 2.61. The number of rotatable bonds is 2. The van der Waals surface area contributed by atoms with Gasteiger partial charge in [0.1, 0.15) is 0 Å². The van der Waals surface area contributed by atoms with Gasteiger partial charge < -0.3 is 8.61 Å². The van der Waals surface area contributed by atoms with Crippen molar-refractivity contribution in [1.82, 2.24) is 0 Å². The van der Waals surface area contributed by atoms with Gasteiger partial charge in [-0.05, 0) is 12.8 Å². The maximum absolute atomic E-state index is 11.1. The van der Waals surface area contributed by atoms with E-state index < -0.39 is 20.8 Å². The molecule has 6 nitrogen and oxygen atoms in total. The van der Waals surface area contributed by atoms with E-state index in [-0.39, 0.29) is 0 Å². The Bertz CT molecular complexity index is 485. The van der Waals surface area contributed by atoms with E-state index in [1.165, 1.54) is 56.3 Å². The topological polar surface area (TPSA) is 82.4 Å². The van der Waals surface area contributed by atoms with Crippen molar-refractivity contribution in [3.8, 4) is 0 Å². The Morgan fingerprint density at radius 2 is 1.40 bits per heavy atom. The van der Waals surface area contributed by atoms with Crippen molar-refractivity contribution in [3.63, 3.8) is 0 Å². The van der Waals surface area contributed by atoms with Crippen molar-refractivity contribution in [1.29, 1.82) is 0 Å². The summed E-state index contributed by atoms with van der Waals surface area (Å²) in [5.41, 5.74) is 0. The minimum Gasteiger partial charge on any atom is -0.379 e. The fraction of sp³-hybridized carbons (Fsp3) is 1.00. The fourth-order valence-corrected chi connectivity index (χ4v) is 3.99. The SMILES string of the molecule is CC1CCC[N+]2(CCCC2)C1.O=S(=O)(F)[N-]S(=O)(=O)F. The minimum absolute atomic E-state index is 1.00. The molecule has 0 amide bonds. The van der Waals surface area contributed by atoms with E-state index in [1.54, 1.807) is 0 Å². The zero-order valence-corrected chi connectivity index (χ0v) is 13.0. The van der Waals surface area contributed by atoms with Gasteiger partial charge in [-0.15, -0.1) is 7.77 Å². The molecular weight excluding hydrogens is 314 g/mol. The quantitative estimate of drug-likeness (QED) is 0.570. The van der Waals surface area contributed by atoms with E-state index in [0.717, 1.165) is 10.0 Å². The Morgan fingerprint density at radius 3 is 1.75 bits per heavy atom. The van der Waals surface area contributed by atoms with Crippen LogP contribution >= 0.6 is 0 Å². The molecule has 0 bridgehead atoms. The second-order valence-electron chi connectivity index (χ2n) is 5.55. The van der Waals surface area contributed by atoms with Crippen molar-refractivity contribution >= 4 is 20.8 Å². The lowest BCUT2D eigenvalue weighted by Crippen LogP contribution is -2.51. The van der Waals surface area contributed by atoms with E-state index in [0.29, 0.717) is 0 Å². The van der Waals surface area contributed by atoms with E-state index in [1.807, 2.05) is 0 Å². The molecule has 1 unspecified atom stereocenters. The van der Waals surface area contributed by atoms with Gasteiger partial charge in [0.05, 0.1) is 26.2 Å². The normalized spacial score (nSPS) is 26.1. The van der Waals surface area contributed by atoms with Crippen LogP contribution in [-0.2, 0) is 20.8 Å². The van der Waals surface area contributed by atoms with Crippen LogP contribution in [0.3, 0.4) is 0 Å². The number of halogens is 2. The first-order chi connectivity index (χ1) is 9.02. The van der Waals surface area contributed by atoms with Crippen molar-refractivity contribution in [2.24, 2.45) is 5.92 Å². The van der Waals surface area contributed by atoms with Crippen molar-refractivity contribution < 1.29 is 29.1 Å². The molecule has 10 heteroatoms. The summed E-state index contributed by atoms with van der Waals surface area (Å²) >= 11 is 0. The molecule has 0 aromatic carbocycles. The molecule has 120 valence electrons. The molecule has 2 fully saturated rings. The molecule has 0 radical (unpaired) electrons. The van der Waals surface area contributed by atoms with Crippen molar-refractivity contribution in [3.05, 3.63) is 4.13 Å². The zero-order valence-electron chi connectivity index (χ0n) is 11.3. The Morgan fingerprint density at radius 1 is 0.950 bits per heavy atom. The summed E-state index contributed by atoms with van der Waals surface area (Å²) in [5.74, 6) is 1.00. The summed E-state index contributed by atoms with van der Waals surface area (Å²) in [7, 11) is -11.2. The highest BCUT2D eigenvalue weighted by Crippen LogP contribution is 2.28. The van der Waals surface area contributed by atoms with Gasteiger partial charge in [0.15, 0.2) is 0 Å². The van der Waals surface area contributed by atoms with Gasteiger partial charge in [0.2, 0.25) is 20.8 Å². The third-order valence-corrected chi connectivity index (χ3v) is 5.15. The lowest BCUT2D eigenvalue weighted by Gasteiger charge is -2.40. The Labute approximate surface area is 119 Å². The lowest BCUT2D eigenvalue weighted by atomic mass is 9.98. The van der Waals surface area contributed by atoms with Crippen LogP contribution in [0, 0.1) is 5.92 Å². The second kappa shape index (κ2) is 6.63. The standard InChI is InChI=1S/C10H20N.F2NO4S2/c1-10-5-4-8-11(9-10)6-2-3-7-11;1-8(4,5)3-9(2,6)7/h10H,2-9H2,1H3;/q+1;-1. The van der Waals surface area contributed by atoms with Crippen molar-refractivity contribution in [2.45, 2.75) is 32.6 Å². The summed E-state index contributed by atoms with van der Waals surface area (Å²) < 4.78 is 61.6. The summed E-state index contributed by atoms with van der Waals surface area (Å²) in [6.45, 7) is 8.39. The third-order valence-electron chi connectivity index (χ3n) is 3.72. The summed E-state index contributed by atoms with van der Waals surface area (Å²) in [5, 5.41) is 0. The first-order valence-electron chi connectivity index (χ1n) is 6.50. The molecule has 0 aromatic heterocycles.